The standard InChI is InChI=1S/C31H21Cl2NO7/c32-22-11-27-25(38-15-40-27)8-18(22)13-34-24-7-6-20(37-14-19-9-26-28(12-23(19)33)41-16-39-26)10-21(24)29(30(34)31(35)36)17-4-2-1-3-5-17/h1-12H,13-16H2,(H,35,36). The molecule has 41 heavy (non-hydrogen) atoms. The predicted octanol–water partition coefficient (Wildman–Crippen LogP) is 7.40. The van der Waals surface area contributed by atoms with E-state index in [1.165, 1.54) is 0 Å². The van der Waals surface area contributed by atoms with Crippen LogP contribution < -0.4 is 23.7 Å². The Hall–Kier alpha value is -4.53. The lowest BCUT2D eigenvalue weighted by Crippen LogP contribution is -2.11. The van der Waals surface area contributed by atoms with Crippen molar-refractivity contribution in [3.8, 4) is 39.9 Å². The van der Waals surface area contributed by atoms with Crippen molar-refractivity contribution in [2.24, 2.45) is 0 Å². The molecule has 10 heteroatoms. The fraction of sp³-hybridized carbons (Fsp3) is 0.129. The number of benzene rings is 4. The Kier molecular flexibility index (Phi) is 6.29. The Bertz CT molecular complexity index is 1830. The molecule has 3 heterocycles. The van der Waals surface area contributed by atoms with Crippen molar-refractivity contribution in [1.29, 1.82) is 0 Å². The van der Waals surface area contributed by atoms with E-state index in [9.17, 15) is 9.90 Å². The van der Waals surface area contributed by atoms with Gasteiger partial charge >= 0.3 is 5.97 Å². The lowest BCUT2D eigenvalue weighted by atomic mass is 10.0. The molecule has 0 amide bonds. The van der Waals surface area contributed by atoms with Gasteiger partial charge in [-0.05, 0) is 41.5 Å². The molecule has 0 unspecified atom stereocenters. The number of hydrogen-bond acceptors (Lipinski definition) is 6. The maximum atomic E-state index is 12.8. The summed E-state index contributed by atoms with van der Waals surface area (Å²) in [5.41, 5.74) is 3.63. The van der Waals surface area contributed by atoms with E-state index in [0.29, 0.717) is 55.4 Å². The number of fused-ring (bicyclic) bond motifs is 3. The van der Waals surface area contributed by atoms with Gasteiger partial charge < -0.3 is 33.4 Å². The van der Waals surface area contributed by atoms with E-state index >= 15 is 0 Å². The van der Waals surface area contributed by atoms with Crippen molar-refractivity contribution < 1.29 is 33.6 Å². The summed E-state index contributed by atoms with van der Waals surface area (Å²) in [7, 11) is 0. The first-order chi connectivity index (χ1) is 20.0. The first-order valence-electron chi connectivity index (χ1n) is 12.7. The Morgan fingerprint density at radius 3 is 2.07 bits per heavy atom. The number of carbonyl (C=O) groups is 1. The first kappa shape index (κ1) is 25.4. The van der Waals surface area contributed by atoms with Crippen LogP contribution in [0.5, 0.6) is 28.7 Å². The van der Waals surface area contributed by atoms with Crippen molar-refractivity contribution in [2.75, 3.05) is 13.6 Å². The van der Waals surface area contributed by atoms with Crippen molar-refractivity contribution in [1.82, 2.24) is 4.57 Å². The summed E-state index contributed by atoms with van der Waals surface area (Å²) in [5, 5.41) is 12.1. The topological polar surface area (TPSA) is 88.4 Å². The van der Waals surface area contributed by atoms with Gasteiger partial charge in [0.15, 0.2) is 23.0 Å². The molecule has 5 aromatic rings. The molecule has 4 aromatic carbocycles. The minimum Gasteiger partial charge on any atom is -0.489 e. The third kappa shape index (κ3) is 4.55. The van der Waals surface area contributed by atoms with Gasteiger partial charge in [0.2, 0.25) is 13.6 Å². The quantitative estimate of drug-likeness (QED) is 0.211. The highest BCUT2D eigenvalue weighted by atomic mass is 35.5. The van der Waals surface area contributed by atoms with Gasteiger partial charge in [-0.1, -0.05) is 53.5 Å². The molecule has 2 aliphatic rings. The normalized spacial score (nSPS) is 13.1. The highest BCUT2D eigenvalue weighted by Crippen LogP contribution is 2.41. The molecule has 7 rings (SSSR count). The molecule has 0 saturated carbocycles. The summed E-state index contributed by atoms with van der Waals surface area (Å²) in [6.07, 6.45) is 0. The van der Waals surface area contributed by atoms with Crippen molar-refractivity contribution in [3.63, 3.8) is 0 Å². The van der Waals surface area contributed by atoms with E-state index in [2.05, 4.69) is 0 Å². The van der Waals surface area contributed by atoms with E-state index in [0.717, 1.165) is 16.5 Å². The Morgan fingerprint density at radius 2 is 1.41 bits per heavy atom. The number of aromatic carboxylic acids is 1. The smallest absolute Gasteiger partial charge is 0.353 e. The molecule has 2 aliphatic heterocycles. The monoisotopic (exact) mass is 589 g/mol. The fourth-order valence-corrected chi connectivity index (χ4v) is 5.61. The Balaban J connectivity index is 1.32. The number of carboxylic acids is 1. The molecule has 0 saturated heterocycles. The average molecular weight is 590 g/mol. The van der Waals surface area contributed by atoms with Crippen molar-refractivity contribution >= 4 is 40.1 Å². The molecule has 0 bridgehead atoms. The van der Waals surface area contributed by atoms with Crippen LogP contribution in [0.4, 0.5) is 0 Å². The molecule has 0 spiro atoms. The second-order valence-corrected chi connectivity index (χ2v) is 10.4. The first-order valence-corrected chi connectivity index (χ1v) is 13.5. The lowest BCUT2D eigenvalue weighted by molar-refractivity contribution is 0.0687. The minimum absolute atomic E-state index is 0.111. The SMILES string of the molecule is O=C(O)c1c(-c2ccccc2)c2cc(OCc3cc4c(cc3Cl)OCO4)ccc2n1Cc1cc2c(cc1Cl)OCO2. The number of carboxylic acid groups (broad SMARTS) is 1. The predicted molar refractivity (Wildman–Crippen MR) is 153 cm³/mol. The van der Waals surface area contributed by atoms with Gasteiger partial charge in [0.05, 0.1) is 11.6 Å². The van der Waals surface area contributed by atoms with E-state index in [-0.39, 0.29) is 32.4 Å². The number of nitrogens with zero attached hydrogens (tertiary/aromatic N) is 1. The van der Waals surface area contributed by atoms with Crippen LogP contribution in [-0.2, 0) is 13.2 Å². The zero-order valence-corrected chi connectivity index (χ0v) is 22.9. The van der Waals surface area contributed by atoms with E-state index in [1.54, 1.807) is 34.9 Å². The second kappa shape index (κ2) is 10.1. The number of hydrogen-bond donors (Lipinski definition) is 1. The molecular formula is C31H21Cl2NO7. The van der Waals surface area contributed by atoms with Gasteiger partial charge in [0.25, 0.3) is 0 Å². The Morgan fingerprint density at radius 1 is 0.805 bits per heavy atom. The van der Waals surface area contributed by atoms with Gasteiger partial charge in [-0.2, -0.15) is 0 Å². The lowest BCUT2D eigenvalue weighted by Gasteiger charge is -2.12. The van der Waals surface area contributed by atoms with Crippen LogP contribution >= 0.6 is 23.2 Å². The van der Waals surface area contributed by atoms with Gasteiger partial charge in [0, 0.05) is 39.2 Å². The fourth-order valence-electron chi connectivity index (χ4n) is 5.19. The van der Waals surface area contributed by atoms with Crippen LogP contribution in [-0.4, -0.2) is 29.2 Å². The molecule has 0 aliphatic carbocycles. The van der Waals surface area contributed by atoms with Crippen LogP contribution in [0.1, 0.15) is 21.6 Å². The van der Waals surface area contributed by atoms with E-state index in [4.69, 9.17) is 46.9 Å². The Labute approximate surface area is 244 Å². The van der Waals surface area contributed by atoms with E-state index < -0.39 is 5.97 Å². The maximum Gasteiger partial charge on any atom is 0.353 e. The molecular weight excluding hydrogens is 569 g/mol. The molecule has 8 nitrogen and oxygen atoms in total. The number of ether oxygens (including phenoxy) is 5. The summed E-state index contributed by atoms with van der Waals surface area (Å²) in [6.45, 7) is 0.643. The minimum atomic E-state index is -1.06. The van der Waals surface area contributed by atoms with Crippen LogP contribution in [0.2, 0.25) is 10.0 Å². The molecule has 0 radical (unpaired) electrons. The zero-order valence-electron chi connectivity index (χ0n) is 21.4. The zero-order chi connectivity index (χ0) is 28.1. The summed E-state index contributed by atoms with van der Waals surface area (Å²) < 4.78 is 29.7. The average Bonchev–Trinajstić information content (AvgIpc) is 3.69. The van der Waals surface area contributed by atoms with Gasteiger partial charge in [-0.3, -0.25) is 0 Å². The van der Waals surface area contributed by atoms with Gasteiger partial charge in [0.1, 0.15) is 18.1 Å². The molecule has 0 atom stereocenters. The maximum absolute atomic E-state index is 12.8. The van der Waals surface area contributed by atoms with Gasteiger partial charge in [-0.25, -0.2) is 4.79 Å². The van der Waals surface area contributed by atoms with Crippen molar-refractivity contribution in [2.45, 2.75) is 13.2 Å². The van der Waals surface area contributed by atoms with Crippen LogP contribution in [0.15, 0.2) is 72.8 Å². The van der Waals surface area contributed by atoms with Crippen LogP contribution in [0, 0.1) is 0 Å². The van der Waals surface area contributed by atoms with Crippen LogP contribution in [0.25, 0.3) is 22.0 Å². The largest absolute Gasteiger partial charge is 0.489 e. The number of aromatic nitrogens is 1. The number of halogens is 2. The molecule has 0 fully saturated rings. The third-order valence-corrected chi connectivity index (χ3v) is 7.81. The molecule has 1 N–H and O–H groups in total. The van der Waals surface area contributed by atoms with Crippen LogP contribution in [0.3, 0.4) is 0 Å². The molecule has 1 aromatic heterocycles. The number of rotatable bonds is 7. The molecule has 206 valence electrons. The highest BCUT2D eigenvalue weighted by molar-refractivity contribution is 6.32. The van der Waals surface area contributed by atoms with Crippen molar-refractivity contribution in [3.05, 3.63) is 99.7 Å². The summed E-state index contributed by atoms with van der Waals surface area (Å²) in [5.74, 6) is 1.82. The second-order valence-electron chi connectivity index (χ2n) is 9.54. The summed E-state index contributed by atoms with van der Waals surface area (Å²) >= 11 is 13.0. The third-order valence-electron chi connectivity index (χ3n) is 7.11. The highest BCUT2D eigenvalue weighted by Gasteiger charge is 2.26. The summed E-state index contributed by atoms with van der Waals surface area (Å²) in [6, 6.07) is 21.9. The van der Waals surface area contributed by atoms with E-state index in [1.807, 2.05) is 42.5 Å². The van der Waals surface area contributed by atoms with Gasteiger partial charge in [-0.15, -0.1) is 0 Å². The summed E-state index contributed by atoms with van der Waals surface area (Å²) in [4.78, 5) is 12.8.